The van der Waals surface area contributed by atoms with Crippen molar-refractivity contribution >= 4 is 27.5 Å². The zero-order chi connectivity index (χ0) is 18.4. The van der Waals surface area contributed by atoms with Crippen LogP contribution in [0.5, 0.6) is 0 Å². The van der Waals surface area contributed by atoms with Crippen molar-refractivity contribution < 1.29 is 4.79 Å². The van der Waals surface area contributed by atoms with Crippen LogP contribution in [-0.2, 0) is 17.6 Å². The Labute approximate surface area is 155 Å². The number of carbonyl (C=O) groups excluding carboxylic acids is 1. The number of primary amides is 1. The van der Waals surface area contributed by atoms with E-state index < -0.39 is 11.9 Å². The van der Waals surface area contributed by atoms with E-state index in [-0.39, 0.29) is 5.56 Å². The van der Waals surface area contributed by atoms with Crippen molar-refractivity contribution in [3.63, 3.8) is 0 Å². The molecule has 0 spiro atoms. The first kappa shape index (κ1) is 17.0. The summed E-state index contributed by atoms with van der Waals surface area (Å²) in [6.45, 7) is 3.90. The summed E-state index contributed by atoms with van der Waals surface area (Å²) >= 11 is 1.61. The van der Waals surface area contributed by atoms with Gasteiger partial charge in [0.25, 0.3) is 5.56 Å². The molecule has 0 radical (unpaired) electrons. The topological polar surface area (TPSA) is 78.0 Å². The van der Waals surface area contributed by atoms with Crippen LogP contribution in [0.2, 0.25) is 0 Å². The number of carbonyl (C=O) groups is 1. The molecule has 2 unspecified atom stereocenters. The number of hydrogen-bond donors (Lipinski definition) is 1. The first-order valence-corrected chi connectivity index (χ1v) is 9.70. The molecule has 6 heteroatoms. The van der Waals surface area contributed by atoms with Crippen LogP contribution in [0.1, 0.15) is 36.8 Å². The number of fused-ring (bicyclic) bond motifs is 3. The molecule has 3 aromatic rings. The smallest absolute Gasteiger partial charge is 0.263 e. The SMILES string of the molecule is CC1CCc2c(sc3nc(-c4ccccc4)n(C(C)C(N)=O)c(=O)c23)C1. The average Bonchev–Trinajstić information content (AvgIpc) is 2.99. The summed E-state index contributed by atoms with van der Waals surface area (Å²) in [4.78, 5) is 32.1. The van der Waals surface area contributed by atoms with Crippen molar-refractivity contribution in [2.24, 2.45) is 11.7 Å². The van der Waals surface area contributed by atoms with E-state index in [2.05, 4.69) is 6.92 Å². The van der Waals surface area contributed by atoms with Crippen molar-refractivity contribution in [2.45, 2.75) is 39.2 Å². The Morgan fingerprint density at radius 2 is 2.08 bits per heavy atom. The molecule has 2 atom stereocenters. The number of nitrogens with two attached hydrogens (primary N) is 1. The second-order valence-corrected chi connectivity index (χ2v) is 8.17. The zero-order valence-corrected chi connectivity index (χ0v) is 15.7. The molecule has 4 rings (SSSR count). The average molecular weight is 367 g/mol. The molecule has 0 bridgehead atoms. The maximum Gasteiger partial charge on any atom is 0.263 e. The van der Waals surface area contributed by atoms with E-state index in [9.17, 15) is 9.59 Å². The third-order valence-corrected chi connectivity index (χ3v) is 6.34. The molecule has 2 heterocycles. The van der Waals surface area contributed by atoms with E-state index >= 15 is 0 Å². The normalized spacial score (nSPS) is 17.8. The van der Waals surface area contributed by atoms with Gasteiger partial charge in [-0.2, -0.15) is 0 Å². The molecule has 1 aliphatic carbocycles. The highest BCUT2D eigenvalue weighted by Crippen LogP contribution is 2.37. The Morgan fingerprint density at radius 3 is 2.77 bits per heavy atom. The van der Waals surface area contributed by atoms with E-state index in [1.807, 2.05) is 30.3 Å². The van der Waals surface area contributed by atoms with E-state index in [0.717, 1.165) is 35.2 Å². The monoisotopic (exact) mass is 367 g/mol. The van der Waals surface area contributed by atoms with Gasteiger partial charge in [-0.15, -0.1) is 11.3 Å². The lowest BCUT2D eigenvalue weighted by Gasteiger charge is -2.19. The van der Waals surface area contributed by atoms with E-state index in [1.165, 1.54) is 9.44 Å². The minimum absolute atomic E-state index is 0.160. The number of benzene rings is 1. The predicted octanol–water partition coefficient (Wildman–Crippen LogP) is 3.30. The summed E-state index contributed by atoms with van der Waals surface area (Å²) < 4.78 is 1.46. The van der Waals surface area contributed by atoms with Gasteiger partial charge in [-0.25, -0.2) is 4.98 Å². The summed E-state index contributed by atoms with van der Waals surface area (Å²) in [6.07, 6.45) is 2.95. The van der Waals surface area contributed by atoms with Gasteiger partial charge in [-0.3, -0.25) is 14.2 Å². The third-order valence-electron chi connectivity index (χ3n) is 5.19. The number of aryl methyl sites for hydroxylation is 1. The second-order valence-electron chi connectivity index (χ2n) is 7.09. The van der Waals surface area contributed by atoms with Crippen LogP contribution in [0, 0.1) is 5.92 Å². The van der Waals surface area contributed by atoms with Crippen LogP contribution in [-0.4, -0.2) is 15.5 Å². The van der Waals surface area contributed by atoms with Crippen LogP contribution < -0.4 is 11.3 Å². The van der Waals surface area contributed by atoms with E-state index in [1.54, 1.807) is 18.3 Å². The van der Waals surface area contributed by atoms with Gasteiger partial charge in [0, 0.05) is 10.4 Å². The van der Waals surface area contributed by atoms with Gasteiger partial charge < -0.3 is 5.73 Å². The van der Waals surface area contributed by atoms with Gasteiger partial charge in [0.15, 0.2) is 0 Å². The minimum atomic E-state index is -0.757. The van der Waals surface area contributed by atoms with Gasteiger partial charge >= 0.3 is 0 Å². The number of nitrogens with zero attached hydrogens (tertiary/aromatic N) is 2. The first-order valence-electron chi connectivity index (χ1n) is 8.89. The lowest BCUT2D eigenvalue weighted by atomic mass is 9.89. The minimum Gasteiger partial charge on any atom is -0.368 e. The quantitative estimate of drug-likeness (QED) is 0.771. The van der Waals surface area contributed by atoms with Crippen molar-refractivity contribution in [3.8, 4) is 11.4 Å². The highest BCUT2D eigenvalue weighted by atomic mass is 32.1. The Hall–Kier alpha value is -2.47. The molecule has 0 saturated carbocycles. The number of thiophene rings is 1. The summed E-state index contributed by atoms with van der Waals surface area (Å²) in [7, 11) is 0. The van der Waals surface area contributed by atoms with Crippen LogP contribution in [0.15, 0.2) is 35.1 Å². The third kappa shape index (κ3) is 2.65. The molecule has 2 aromatic heterocycles. The molecule has 0 fully saturated rings. The molecular weight excluding hydrogens is 346 g/mol. The molecule has 1 amide bonds. The number of rotatable bonds is 3. The van der Waals surface area contributed by atoms with Gasteiger partial charge in [0.1, 0.15) is 16.7 Å². The van der Waals surface area contributed by atoms with Gasteiger partial charge in [-0.1, -0.05) is 37.3 Å². The van der Waals surface area contributed by atoms with Crippen LogP contribution in [0.3, 0.4) is 0 Å². The van der Waals surface area contributed by atoms with Crippen LogP contribution >= 0.6 is 11.3 Å². The molecule has 26 heavy (non-hydrogen) atoms. The maximum absolute atomic E-state index is 13.4. The number of hydrogen-bond acceptors (Lipinski definition) is 4. The van der Waals surface area contributed by atoms with E-state index in [4.69, 9.17) is 10.7 Å². The molecule has 2 N–H and O–H groups in total. The highest BCUT2D eigenvalue weighted by molar-refractivity contribution is 7.18. The van der Waals surface area contributed by atoms with Crippen molar-refractivity contribution in [3.05, 3.63) is 51.1 Å². The summed E-state index contributed by atoms with van der Waals surface area (Å²) in [5.74, 6) is 0.583. The molecule has 134 valence electrons. The number of aromatic nitrogens is 2. The van der Waals surface area contributed by atoms with Crippen molar-refractivity contribution in [1.29, 1.82) is 0 Å². The van der Waals surface area contributed by atoms with Crippen LogP contribution in [0.4, 0.5) is 0 Å². The fourth-order valence-electron chi connectivity index (χ4n) is 3.68. The summed E-state index contributed by atoms with van der Waals surface area (Å²) in [5, 5.41) is 0.671. The molecule has 1 aliphatic rings. The molecule has 0 saturated heterocycles. The summed E-state index contributed by atoms with van der Waals surface area (Å²) in [5.41, 5.74) is 7.30. The first-order chi connectivity index (χ1) is 12.5. The zero-order valence-electron chi connectivity index (χ0n) is 14.9. The van der Waals surface area contributed by atoms with Gasteiger partial charge in [0.05, 0.1) is 5.39 Å². The lowest BCUT2D eigenvalue weighted by molar-refractivity contribution is -0.120. The Bertz CT molecular complexity index is 1050. The summed E-state index contributed by atoms with van der Waals surface area (Å²) in [6, 6.07) is 8.74. The Morgan fingerprint density at radius 1 is 1.35 bits per heavy atom. The second kappa shape index (κ2) is 6.36. The standard InChI is InChI=1S/C20H21N3O2S/c1-11-8-9-14-15(10-11)26-19-16(14)20(25)23(12(2)17(21)24)18(22-19)13-6-4-3-5-7-13/h3-7,11-12H,8-10H2,1-2H3,(H2,21,24). The van der Waals surface area contributed by atoms with Crippen molar-refractivity contribution in [2.75, 3.05) is 0 Å². The highest BCUT2D eigenvalue weighted by Gasteiger charge is 2.27. The maximum atomic E-state index is 13.4. The molecule has 0 aliphatic heterocycles. The van der Waals surface area contributed by atoms with E-state index in [0.29, 0.717) is 17.1 Å². The fraction of sp³-hybridized carbons (Fsp3) is 0.350. The Kier molecular flexibility index (Phi) is 4.15. The molecule has 1 aromatic carbocycles. The fourth-order valence-corrected chi connectivity index (χ4v) is 5.05. The molecular formula is C20H21N3O2S. The van der Waals surface area contributed by atoms with Crippen LogP contribution in [0.25, 0.3) is 21.6 Å². The Balaban J connectivity index is 2.06. The van der Waals surface area contributed by atoms with Gasteiger partial charge in [0.2, 0.25) is 5.91 Å². The number of amides is 1. The van der Waals surface area contributed by atoms with Gasteiger partial charge in [-0.05, 0) is 37.7 Å². The molecule has 5 nitrogen and oxygen atoms in total. The lowest BCUT2D eigenvalue weighted by Crippen LogP contribution is -2.34. The predicted molar refractivity (Wildman–Crippen MR) is 104 cm³/mol. The largest absolute Gasteiger partial charge is 0.368 e. The van der Waals surface area contributed by atoms with Crippen molar-refractivity contribution in [1.82, 2.24) is 9.55 Å².